The van der Waals surface area contributed by atoms with Gasteiger partial charge in [-0.1, -0.05) is 73.6 Å². The number of hydrogen-bond donors (Lipinski definition) is 2. The quantitative estimate of drug-likeness (QED) is 0.103. The van der Waals surface area contributed by atoms with E-state index in [1.54, 1.807) is 16.4 Å². The molecule has 0 aliphatic carbocycles. The minimum atomic E-state index is -0.564. The number of rotatable bonds is 15. The molecule has 9 nitrogen and oxygen atoms in total. The Morgan fingerprint density at radius 2 is 1.69 bits per heavy atom. The van der Waals surface area contributed by atoms with Gasteiger partial charge in [0.1, 0.15) is 11.8 Å². The predicted molar refractivity (Wildman–Crippen MR) is 180 cm³/mol. The first kappa shape index (κ1) is 32.0. The van der Waals surface area contributed by atoms with Crippen molar-refractivity contribution < 1.29 is 19.0 Å². The topological polar surface area (TPSA) is 99.5 Å². The lowest BCUT2D eigenvalue weighted by Crippen LogP contribution is -2.31. The van der Waals surface area contributed by atoms with Crippen LogP contribution in [0.1, 0.15) is 57.7 Å². The Morgan fingerprint density at radius 1 is 0.933 bits per heavy atom. The summed E-state index contributed by atoms with van der Waals surface area (Å²) in [6.45, 7) is 9.38. The number of carbonyl (C=O) groups is 1. The average molecular weight is 628 g/mol. The molecule has 2 N–H and O–H groups in total. The number of allylic oxidation sites excluding steroid dienone is 1. The second-order valence-electron chi connectivity index (χ2n) is 10.5. The van der Waals surface area contributed by atoms with Gasteiger partial charge in [-0.15, -0.1) is 5.10 Å². The number of amides is 1. The van der Waals surface area contributed by atoms with E-state index in [4.69, 9.17) is 24.3 Å². The molecule has 0 spiro atoms. The zero-order valence-electron chi connectivity index (χ0n) is 26.3. The summed E-state index contributed by atoms with van der Waals surface area (Å²) in [4.78, 5) is 18.9. The third kappa shape index (κ3) is 7.81. The molecule has 1 unspecified atom stereocenters. The average Bonchev–Trinajstić information content (AvgIpc) is 3.45. The zero-order valence-corrected chi connectivity index (χ0v) is 27.2. The van der Waals surface area contributed by atoms with E-state index < -0.39 is 6.04 Å². The SMILES string of the molecule is CCCCSc1nc2n(n1)C(c1ccc(OCCc3ccccc3)c(OCC)c1)C(C(=O)Nc1ccccc1OCC)=C(C)N2. The van der Waals surface area contributed by atoms with Gasteiger partial charge in [0.15, 0.2) is 11.5 Å². The lowest BCUT2D eigenvalue weighted by molar-refractivity contribution is -0.113. The summed E-state index contributed by atoms with van der Waals surface area (Å²) < 4.78 is 19.8. The normalized spacial score (nSPS) is 14.0. The zero-order chi connectivity index (χ0) is 31.6. The summed E-state index contributed by atoms with van der Waals surface area (Å²) in [7, 11) is 0. The fraction of sp³-hybridized carbons (Fsp3) is 0.343. The summed E-state index contributed by atoms with van der Waals surface area (Å²) >= 11 is 1.61. The number of anilines is 2. The molecule has 4 aromatic rings. The van der Waals surface area contributed by atoms with E-state index >= 15 is 0 Å². The van der Waals surface area contributed by atoms with Crippen molar-refractivity contribution in [1.29, 1.82) is 0 Å². The second kappa shape index (κ2) is 15.5. The number of aromatic nitrogens is 3. The second-order valence-corrected chi connectivity index (χ2v) is 11.6. The molecule has 0 fully saturated rings. The molecule has 0 radical (unpaired) electrons. The molecule has 5 rings (SSSR count). The number of carbonyl (C=O) groups excluding carboxylic acids is 1. The number of para-hydroxylation sites is 2. The van der Waals surface area contributed by atoms with Crippen LogP contribution in [0.5, 0.6) is 17.2 Å². The minimum absolute atomic E-state index is 0.264. The molecule has 0 bridgehead atoms. The van der Waals surface area contributed by atoms with Crippen LogP contribution in [0.2, 0.25) is 0 Å². The number of ether oxygens (including phenoxy) is 3. The highest BCUT2D eigenvalue weighted by Crippen LogP contribution is 2.40. The van der Waals surface area contributed by atoms with Crippen LogP contribution in [0.25, 0.3) is 0 Å². The maximum absolute atomic E-state index is 14.1. The maximum atomic E-state index is 14.1. The van der Waals surface area contributed by atoms with Crippen LogP contribution in [0.3, 0.4) is 0 Å². The number of unbranched alkanes of at least 4 members (excludes halogenated alkanes) is 1. The van der Waals surface area contributed by atoms with Crippen molar-refractivity contribution >= 4 is 29.3 Å². The third-order valence-corrected chi connectivity index (χ3v) is 8.24. The van der Waals surface area contributed by atoms with Crippen molar-refractivity contribution in [2.24, 2.45) is 0 Å². The largest absolute Gasteiger partial charge is 0.492 e. The van der Waals surface area contributed by atoms with Gasteiger partial charge in [0.05, 0.1) is 31.1 Å². The number of nitrogens with zero attached hydrogens (tertiary/aromatic N) is 3. The van der Waals surface area contributed by atoms with Crippen LogP contribution in [0.4, 0.5) is 11.6 Å². The first-order valence-corrected chi connectivity index (χ1v) is 16.5. The smallest absolute Gasteiger partial charge is 0.255 e. The molecule has 236 valence electrons. The molecule has 0 saturated heterocycles. The molecule has 1 atom stereocenters. The van der Waals surface area contributed by atoms with Gasteiger partial charge in [-0.25, -0.2) is 4.68 Å². The van der Waals surface area contributed by atoms with E-state index in [1.165, 1.54) is 5.56 Å². The van der Waals surface area contributed by atoms with Crippen LogP contribution < -0.4 is 24.8 Å². The first-order chi connectivity index (χ1) is 22.0. The van der Waals surface area contributed by atoms with Gasteiger partial charge >= 0.3 is 0 Å². The molecule has 1 aliphatic heterocycles. The Labute approximate surface area is 269 Å². The Morgan fingerprint density at radius 3 is 2.47 bits per heavy atom. The summed E-state index contributed by atoms with van der Waals surface area (Å²) in [5.74, 6) is 3.11. The molecular formula is C35H41N5O4S. The summed E-state index contributed by atoms with van der Waals surface area (Å²) in [6.07, 6.45) is 2.94. The summed E-state index contributed by atoms with van der Waals surface area (Å²) in [5.41, 5.74) is 3.84. The van der Waals surface area contributed by atoms with Gasteiger partial charge in [0, 0.05) is 17.9 Å². The van der Waals surface area contributed by atoms with Crippen molar-refractivity contribution in [3.8, 4) is 17.2 Å². The van der Waals surface area contributed by atoms with Crippen molar-refractivity contribution in [3.63, 3.8) is 0 Å². The van der Waals surface area contributed by atoms with Gasteiger partial charge in [-0.2, -0.15) is 4.98 Å². The van der Waals surface area contributed by atoms with Crippen molar-refractivity contribution in [2.45, 2.75) is 58.2 Å². The van der Waals surface area contributed by atoms with Gasteiger partial charge < -0.3 is 24.8 Å². The Bertz CT molecular complexity index is 1620. The molecule has 2 heterocycles. The minimum Gasteiger partial charge on any atom is -0.492 e. The first-order valence-electron chi connectivity index (χ1n) is 15.6. The van der Waals surface area contributed by atoms with Crippen LogP contribution in [0.15, 0.2) is 89.2 Å². The highest BCUT2D eigenvalue weighted by atomic mass is 32.2. The van der Waals surface area contributed by atoms with Crippen LogP contribution in [-0.4, -0.2) is 46.2 Å². The Hall–Kier alpha value is -4.44. The molecule has 10 heteroatoms. The number of hydrogen-bond acceptors (Lipinski definition) is 8. The van der Waals surface area contributed by atoms with E-state index in [9.17, 15) is 4.79 Å². The molecule has 3 aromatic carbocycles. The van der Waals surface area contributed by atoms with Crippen molar-refractivity contribution in [3.05, 3.63) is 95.2 Å². The monoisotopic (exact) mass is 627 g/mol. The molecule has 45 heavy (non-hydrogen) atoms. The molecule has 1 amide bonds. The van der Waals surface area contributed by atoms with Gasteiger partial charge in [0.2, 0.25) is 11.1 Å². The van der Waals surface area contributed by atoms with E-state index in [-0.39, 0.29) is 5.91 Å². The summed E-state index contributed by atoms with van der Waals surface area (Å²) in [6, 6.07) is 22.9. The lowest BCUT2D eigenvalue weighted by atomic mass is 9.94. The maximum Gasteiger partial charge on any atom is 0.255 e. The number of fused-ring (bicyclic) bond motifs is 1. The number of benzene rings is 3. The molecule has 0 saturated carbocycles. The molecular weight excluding hydrogens is 586 g/mol. The molecule has 1 aliphatic rings. The van der Waals surface area contributed by atoms with E-state index in [0.717, 1.165) is 30.6 Å². The predicted octanol–water partition coefficient (Wildman–Crippen LogP) is 7.52. The highest BCUT2D eigenvalue weighted by Gasteiger charge is 2.35. The Balaban J connectivity index is 1.49. The van der Waals surface area contributed by atoms with Crippen LogP contribution in [-0.2, 0) is 11.2 Å². The van der Waals surface area contributed by atoms with Crippen LogP contribution in [0, 0.1) is 0 Å². The fourth-order valence-electron chi connectivity index (χ4n) is 5.15. The van der Waals surface area contributed by atoms with Crippen molar-refractivity contribution in [2.75, 3.05) is 36.2 Å². The van der Waals surface area contributed by atoms with Gasteiger partial charge in [-0.05, 0) is 62.6 Å². The Kier molecular flexibility index (Phi) is 11.0. The standard InChI is InChI=1S/C35H41N5O4S/c1-5-8-22-45-35-38-34-36-24(4)31(33(41)37-27-16-12-13-17-28(27)42-6-2)32(40(34)39-35)26-18-19-29(30(23-26)43-7-3)44-21-20-25-14-10-9-11-15-25/h9-19,23,32H,5-8,20-22H2,1-4H3,(H,37,41)(H,36,38,39). The van der Waals surface area contributed by atoms with E-state index in [0.29, 0.717) is 65.1 Å². The lowest BCUT2D eigenvalue weighted by Gasteiger charge is -2.29. The van der Waals surface area contributed by atoms with E-state index in [1.807, 2.05) is 81.4 Å². The molecule has 1 aromatic heterocycles. The summed E-state index contributed by atoms with van der Waals surface area (Å²) in [5, 5.41) is 12.0. The van der Waals surface area contributed by atoms with Gasteiger partial charge in [0.25, 0.3) is 5.91 Å². The van der Waals surface area contributed by atoms with E-state index in [2.05, 4.69) is 29.7 Å². The van der Waals surface area contributed by atoms with Gasteiger partial charge in [-0.3, -0.25) is 4.79 Å². The van der Waals surface area contributed by atoms with Crippen LogP contribution >= 0.6 is 11.8 Å². The third-order valence-electron chi connectivity index (χ3n) is 7.32. The highest BCUT2D eigenvalue weighted by molar-refractivity contribution is 7.99. The number of nitrogens with one attached hydrogen (secondary N) is 2. The fourth-order valence-corrected chi connectivity index (χ4v) is 6.06. The number of thioether (sulfide) groups is 1. The van der Waals surface area contributed by atoms with Crippen molar-refractivity contribution in [1.82, 2.24) is 14.8 Å².